The number of rotatable bonds is 7. The zero-order chi connectivity index (χ0) is 16.1. The van der Waals surface area contributed by atoms with Gasteiger partial charge in [-0.15, -0.1) is 0 Å². The van der Waals surface area contributed by atoms with E-state index in [-0.39, 0.29) is 18.8 Å². The Morgan fingerprint density at radius 1 is 1.24 bits per heavy atom. The lowest BCUT2D eigenvalue weighted by Crippen LogP contribution is -2.49. The molecule has 1 aliphatic rings. The lowest BCUT2D eigenvalue weighted by Gasteiger charge is -2.35. The molecule has 1 amide bonds. The Kier molecular flexibility index (Phi) is 6.42. The standard InChI is InChI=1S/C13H25NO6S/c1-13(2,3)20-12(15)14-10-8-11(9-10)18-6-5-7-19-21(4,16)17/h10-11H,5-9H2,1-4H3,(H,14,15)/t10-,11-. The van der Waals surface area contributed by atoms with E-state index in [0.717, 1.165) is 19.1 Å². The highest BCUT2D eigenvalue weighted by atomic mass is 32.2. The molecule has 0 aromatic carbocycles. The SMILES string of the molecule is CC(C)(C)OC(=O)N[C@H]1C[C@H](OCCCOS(C)(=O)=O)C1. The van der Waals surface area contributed by atoms with Crippen LogP contribution in [0.15, 0.2) is 0 Å². The van der Waals surface area contributed by atoms with Gasteiger partial charge in [0.2, 0.25) is 0 Å². The van der Waals surface area contributed by atoms with Crippen LogP contribution in [0.3, 0.4) is 0 Å². The van der Waals surface area contributed by atoms with Crippen LogP contribution in [0.2, 0.25) is 0 Å². The molecule has 1 N–H and O–H groups in total. The van der Waals surface area contributed by atoms with Crippen LogP contribution in [0.25, 0.3) is 0 Å². The van der Waals surface area contributed by atoms with Gasteiger partial charge in [0.05, 0.1) is 19.0 Å². The molecule has 1 rings (SSSR count). The van der Waals surface area contributed by atoms with Gasteiger partial charge in [-0.2, -0.15) is 8.42 Å². The number of carbonyl (C=O) groups is 1. The number of carbonyl (C=O) groups excluding carboxylic acids is 1. The van der Waals surface area contributed by atoms with E-state index in [2.05, 4.69) is 9.50 Å². The molecule has 0 unspecified atom stereocenters. The van der Waals surface area contributed by atoms with Crippen LogP contribution in [-0.4, -0.2) is 51.7 Å². The molecule has 0 heterocycles. The predicted molar refractivity (Wildman–Crippen MR) is 77.5 cm³/mol. The third-order valence-corrected chi connectivity index (χ3v) is 3.35. The second kappa shape index (κ2) is 7.42. The Balaban J connectivity index is 2.03. The van der Waals surface area contributed by atoms with Crippen molar-refractivity contribution in [3.8, 4) is 0 Å². The zero-order valence-corrected chi connectivity index (χ0v) is 13.9. The molecule has 8 heteroatoms. The van der Waals surface area contributed by atoms with Crippen LogP contribution in [0.1, 0.15) is 40.0 Å². The normalized spacial score (nSPS) is 22.5. The lowest BCUT2D eigenvalue weighted by atomic mass is 9.89. The largest absolute Gasteiger partial charge is 0.444 e. The average molecular weight is 323 g/mol. The molecule has 0 bridgehead atoms. The van der Waals surface area contributed by atoms with Gasteiger partial charge in [0, 0.05) is 12.6 Å². The second-order valence-electron chi connectivity index (χ2n) is 6.19. The highest BCUT2D eigenvalue weighted by Gasteiger charge is 2.32. The molecule has 1 saturated carbocycles. The monoisotopic (exact) mass is 323 g/mol. The van der Waals surface area contributed by atoms with Crippen molar-refractivity contribution in [3.05, 3.63) is 0 Å². The van der Waals surface area contributed by atoms with Crippen molar-refractivity contribution in [1.29, 1.82) is 0 Å². The summed E-state index contributed by atoms with van der Waals surface area (Å²) in [7, 11) is -3.37. The number of nitrogens with one attached hydrogen (secondary N) is 1. The van der Waals surface area contributed by atoms with Crippen LogP contribution in [-0.2, 0) is 23.8 Å². The number of alkyl carbamates (subject to hydrolysis) is 1. The summed E-state index contributed by atoms with van der Waals surface area (Å²) in [5.41, 5.74) is -0.497. The smallest absolute Gasteiger partial charge is 0.407 e. The molecule has 0 aromatic heterocycles. The van der Waals surface area contributed by atoms with Crippen molar-refractivity contribution in [1.82, 2.24) is 5.32 Å². The van der Waals surface area contributed by atoms with Gasteiger partial charge >= 0.3 is 6.09 Å². The van der Waals surface area contributed by atoms with E-state index in [4.69, 9.17) is 9.47 Å². The molecule has 0 saturated heterocycles. The van der Waals surface area contributed by atoms with E-state index < -0.39 is 21.8 Å². The van der Waals surface area contributed by atoms with Gasteiger partial charge < -0.3 is 14.8 Å². The predicted octanol–water partition coefficient (Wildman–Crippen LogP) is 1.43. The van der Waals surface area contributed by atoms with Crippen LogP contribution in [0.5, 0.6) is 0 Å². The first-order valence-electron chi connectivity index (χ1n) is 7.01. The van der Waals surface area contributed by atoms with Gasteiger partial charge in [-0.25, -0.2) is 4.79 Å². The van der Waals surface area contributed by atoms with Crippen LogP contribution < -0.4 is 5.32 Å². The van der Waals surface area contributed by atoms with E-state index in [0.29, 0.717) is 13.0 Å². The summed E-state index contributed by atoms with van der Waals surface area (Å²) in [4.78, 5) is 11.5. The molecule has 124 valence electrons. The average Bonchev–Trinajstić information content (AvgIpc) is 2.20. The number of amides is 1. The summed E-state index contributed by atoms with van der Waals surface area (Å²) in [6.45, 7) is 6.03. The van der Waals surface area contributed by atoms with Gasteiger partial charge in [0.1, 0.15) is 5.60 Å². The summed E-state index contributed by atoms with van der Waals surface area (Å²) >= 11 is 0. The first-order valence-corrected chi connectivity index (χ1v) is 8.82. The summed E-state index contributed by atoms with van der Waals surface area (Å²) in [5, 5.41) is 2.78. The van der Waals surface area contributed by atoms with Crippen LogP contribution in [0.4, 0.5) is 4.79 Å². The zero-order valence-electron chi connectivity index (χ0n) is 13.0. The highest BCUT2D eigenvalue weighted by molar-refractivity contribution is 7.85. The number of hydrogen-bond donors (Lipinski definition) is 1. The van der Waals surface area contributed by atoms with E-state index in [1.807, 2.05) is 20.8 Å². The topological polar surface area (TPSA) is 90.9 Å². The van der Waals surface area contributed by atoms with Crippen molar-refractivity contribution in [2.45, 2.75) is 57.8 Å². The first-order chi connectivity index (χ1) is 9.55. The third-order valence-electron chi connectivity index (χ3n) is 2.76. The Labute approximate surface area is 126 Å². The molecule has 0 aromatic rings. The maximum absolute atomic E-state index is 11.5. The lowest BCUT2D eigenvalue weighted by molar-refractivity contribution is -0.0229. The van der Waals surface area contributed by atoms with E-state index in [1.165, 1.54) is 0 Å². The molecule has 0 radical (unpaired) electrons. The minimum atomic E-state index is -3.37. The minimum absolute atomic E-state index is 0.0807. The summed E-state index contributed by atoms with van der Waals surface area (Å²) in [6.07, 6.45) is 2.72. The molecule has 0 atom stereocenters. The van der Waals surface area contributed by atoms with E-state index >= 15 is 0 Å². The van der Waals surface area contributed by atoms with Gasteiger partial charge in [-0.1, -0.05) is 0 Å². The molecule has 0 aliphatic heterocycles. The molecule has 0 spiro atoms. The Morgan fingerprint density at radius 3 is 2.38 bits per heavy atom. The maximum atomic E-state index is 11.5. The fourth-order valence-corrected chi connectivity index (χ4v) is 2.23. The van der Waals surface area contributed by atoms with Crippen molar-refractivity contribution in [2.24, 2.45) is 0 Å². The molecular formula is C13H25NO6S. The third kappa shape index (κ3) is 8.90. The first kappa shape index (κ1) is 18.2. The Bertz CT molecular complexity index is 436. The van der Waals surface area contributed by atoms with Crippen LogP contribution in [0, 0.1) is 0 Å². The summed E-state index contributed by atoms with van der Waals surface area (Å²) in [6, 6.07) is 0.0807. The van der Waals surface area contributed by atoms with Crippen molar-refractivity contribution >= 4 is 16.2 Å². The minimum Gasteiger partial charge on any atom is -0.444 e. The second-order valence-corrected chi connectivity index (χ2v) is 7.83. The summed E-state index contributed by atoms with van der Waals surface area (Å²) in [5.74, 6) is 0. The molecular weight excluding hydrogens is 298 g/mol. The quantitative estimate of drug-likeness (QED) is 0.563. The molecule has 1 fully saturated rings. The number of ether oxygens (including phenoxy) is 2. The van der Waals surface area contributed by atoms with Crippen molar-refractivity contribution < 1.29 is 26.9 Å². The number of hydrogen-bond acceptors (Lipinski definition) is 6. The summed E-state index contributed by atoms with van der Waals surface area (Å²) < 4.78 is 36.8. The van der Waals surface area contributed by atoms with E-state index in [1.54, 1.807) is 0 Å². The van der Waals surface area contributed by atoms with Gasteiger partial charge in [0.15, 0.2) is 0 Å². The van der Waals surface area contributed by atoms with Gasteiger partial charge in [0.25, 0.3) is 10.1 Å². The Hall–Kier alpha value is -0.860. The fraction of sp³-hybridized carbons (Fsp3) is 0.923. The van der Waals surface area contributed by atoms with Crippen molar-refractivity contribution in [3.63, 3.8) is 0 Å². The van der Waals surface area contributed by atoms with Crippen molar-refractivity contribution in [2.75, 3.05) is 19.5 Å². The van der Waals surface area contributed by atoms with Gasteiger partial charge in [-0.05, 0) is 40.0 Å². The van der Waals surface area contributed by atoms with Gasteiger partial charge in [-0.3, -0.25) is 4.18 Å². The van der Waals surface area contributed by atoms with E-state index in [9.17, 15) is 13.2 Å². The maximum Gasteiger partial charge on any atom is 0.407 e. The molecule has 1 aliphatic carbocycles. The Morgan fingerprint density at radius 2 is 1.86 bits per heavy atom. The molecule has 7 nitrogen and oxygen atoms in total. The fourth-order valence-electron chi connectivity index (χ4n) is 1.81. The van der Waals surface area contributed by atoms with Crippen LogP contribution >= 0.6 is 0 Å². The molecule has 21 heavy (non-hydrogen) atoms. The highest BCUT2D eigenvalue weighted by Crippen LogP contribution is 2.24.